The SMILES string of the molecule is COC(=O)C12CCCN(C(=O)OC(C)(C)C)C1CCNC2. The number of hydrogen-bond donors (Lipinski definition) is 1. The molecule has 0 bridgehead atoms. The van der Waals surface area contributed by atoms with Crippen molar-refractivity contribution < 1.29 is 19.1 Å². The first-order chi connectivity index (χ1) is 9.80. The molecule has 0 aromatic carbocycles. The number of fused-ring (bicyclic) bond motifs is 1. The van der Waals surface area contributed by atoms with E-state index in [0.717, 1.165) is 25.8 Å². The molecule has 2 aliphatic rings. The molecule has 0 aliphatic carbocycles. The number of nitrogens with zero attached hydrogens (tertiary/aromatic N) is 1. The zero-order valence-electron chi connectivity index (χ0n) is 13.4. The third-order valence-electron chi connectivity index (χ3n) is 4.29. The van der Waals surface area contributed by atoms with Crippen LogP contribution in [0, 0.1) is 5.41 Å². The molecule has 2 unspecified atom stereocenters. The minimum absolute atomic E-state index is 0.144. The lowest BCUT2D eigenvalue weighted by atomic mass is 9.70. The van der Waals surface area contributed by atoms with Crippen molar-refractivity contribution in [2.45, 2.75) is 51.7 Å². The van der Waals surface area contributed by atoms with Gasteiger partial charge >= 0.3 is 12.1 Å². The summed E-state index contributed by atoms with van der Waals surface area (Å²) in [7, 11) is 1.41. The van der Waals surface area contributed by atoms with Crippen molar-refractivity contribution in [3.8, 4) is 0 Å². The predicted molar refractivity (Wildman–Crippen MR) is 77.9 cm³/mol. The van der Waals surface area contributed by atoms with Gasteiger partial charge in [-0.15, -0.1) is 0 Å². The van der Waals surface area contributed by atoms with Crippen molar-refractivity contribution in [2.24, 2.45) is 5.41 Å². The third-order valence-corrected chi connectivity index (χ3v) is 4.29. The summed E-state index contributed by atoms with van der Waals surface area (Å²) in [4.78, 5) is 26.5. The second-order valence-electron chi connectivity index (χ2n) is 6.91. The Kier molecular flexibility index (Phi) is 4.46. The number of carbonyl (C=O) groups is 2. The van der Waals surface area contributed by atoms with Gasteiger partial charge in [0.25, 0.3) is 0 Å². The van der Waals surface area contributed by atoms with E-state index in [9.17, 15) is 9.59 Å². The van der Waals surface area contributed by atoms with E-state index in [1.807, 2.05) is 20.8 Å². The van der Waals surface area contributed by atoms with Crippen LogP contribution in [0.25, 0.3) is 0 Å². The molecule has 6 nitrogen and oxygen atoms in total. The number of likely N-dealkylation sites (tertiary alicyclic amines) is 1. The Morgan fingerprint density at radius 2 is 2.05 bits per heavy atom. The van der Waals surface area contributed by atoms with E-state index >= 15 is 0 Å². The van der Waals surface area contributed by atoms with E-state index in [-0.39, 0.29) is 18.1 Å². The van der Waals surface area contributed by atoms with Gasteiger partial charge in [-0.2, -0.15) is 0 Å². The Morgan fingerprint density at radius 1 is 1.33 bits per heavy atom. The summed E-state index contributed by atoms with van der Waals surface area (Å²) < 4.78 is 10.5. The van der Waals surface area contributed by atoms with Gasteiger partial charge in [-0.05, 0) is 46.6 Å². The molecule has 6 heteroatoms. The third kappa shape index (κ3) is 3.15. The summed E-state index contributed by atoms with van der Waals surface area (Å²) >= 11 is 0. The Balaban J connectivity index is 2.23. The maximum absolute atomic E-state index is 12.5. The minimum Gasteiger partial charge on any atom is -0.468 e. The highest BCUT2D eigenvalue weighted by atomic mass is 16.6. The summed E-state index contributed by atoms with van der Waals surface area (Å²) in [5.74, 6) is -0.229. The van der Waals surface area contributed by atoms with Gasteiger partial charge in [0.15, 0.2) is 0 Å². The lowest BCUT2D eigenvalue weighted by Gasteiger charge is -2.50. The van der Waals surface area contributed by atoms with Crippen LogP contribution < -0.4 is 5.32 Å². The number of piperidine rings is 2. The highest BCUT2D eigenvalue weighted by Crippen LogP contribution is 2.40. The maximum Gasteiger partial charge on any atom is 0.410 e. The van der Waals surface area contributed by atoms with E-state index in [0.29, 0.717) is 13.1 Å². The summed E-state index contributed by atoms with van der Waals surface area (Å²) in [6.07, 6.45) is 1.94. The molecule has 2 rings (SSSR count). The van der Waals surface area contributed by atoms with Gasteiger partial charge in [-0.1, -0.05) is 0 Å². The van der Waals surface area contributed by atoms with Crippen LogP contribution >= 0.6 is 0 Å². The molecule has 1 amide bonds. The number of carbonyl (C=O) groups excluding carboxylic acids is 2. The van der Waals surface area contributed by atoms with Gasteiger partial charge in [-0.3, -0.25) is 4.79 Å². The molecule has 0 aromatic rings. The summed E-state index contributed by atoms with van der Waals surface area (Å²) in [6.45, 7) is 7.55. The lowest BCUT2D eigenvalue weighted by Crippen LogP contribution is -2.65. The topological polar surface area (TPSA) is 67.9 Å². The average Bonchev–Trinajstić information content (AvgIpc) is 2.43. The van der Waals surface area contributed by atoms with Crippen molar-refractivity contribution in [3.05, 3.63) is 0 Å². The Hall–Kier alpha value is -1.30. The first-order valence-electron chi connectivity index (χ1n) is 7.59. The largest absolute Gasteiger partial charge is 0.468 e. The smallest absolute Gasteiger partial charge is 0.410 e. The molecule has 0 aromatic heterocycles. The molecule has 2 saturated heterocycles. The zero-order valence-corrected chi connectivity index (χ0v) is 13.4. The number of hydrogen-bond acceptors (Lipinski definition) is 5. The van der Waals surface area contributed by atoms with Crippen LogP contribution in [0.3, 0.4) is 0 Å². The van der Waals surface area contributed by atoms with Crippen LogP contribution in [-0.4, -0.2) is 55.3 Å². The van der Waals surface area contributed by atoms with Crippen molar-refractivity contribution in [1.29, 1.82) is 0 Å². The molecular weight excluding hydrogens is 272 g/mol. The fraction of sp³-hybridized carbons (Fsp3) is 0.867. The van der Waals surface area contributed by atoms with Crippen molar-refractivity contribution in [2.75, 3.05) is 26.7 Å². The van der Waals surface area contributed by atoms with Crippen LogP contribution in [0.1, 0.15) is 40.0 Å². The number of methoxy groups -OCH3 is 1. The number of esters is 1. The number of ether oxygens (including phenoxy) is 2. The fourth-order valence-electron chi connectivity index (χ4n) is 3.43. The Labute approximate surface area is 126 Å². The van der Waals surface area contributed by atoms with E-state index < -0.39 is 11.0 Å². The molecule has 2 atom stereocenters. The minimum atomic E-state index is -0.637. The predicted octanol–water partition coefficient (Wildman–Crippen LogP) is 1.54. The van der Waals surface area contributed by atoms with E-state index in [2.05, 4.69) is 5.32 Å². The Morgan fingerprint density at radius 3 is 2.67 bits per heavy atom. The van der Waals surface area contributed by atoms with Gasteiger partial charge in [0.05, 0.1) is 13.2 Å². The highest BCUT2D eigenvalue weighted by molar-refractivity contribution is 5.80. The fourth-order valence-corrected chi connectivity index (χ4v) is 3.43. The number of rotatable bonds is 1. The lowest BCUT2D eigenvalue weighted by molar-refractivity contribution is -0.162. The van der Waals surface area contributed by atoms with Crippen molar-refractivity contribution >= 4 is 12.1 Å². The quantitative estimate of drug-likeness (QED) is 0.744. The van der Waals surface area contributed by atoms with Gasteiger partial charge in [0.1, 0.15) is 11.0 Å². The van der Waals surface area contributed by atoms with E-state index in [1.165, 1.54) is 7.11 Å². The molecule has 2 heterocycles. The van der Waals surface area contributed by atoms with Crippen LogP contribution in [0.2, 0.25) is 0 Å². The zero-order chi connectivity index (χ0) is 15.7. The highest BCUT2D eigenvalue weighted by Gasteiger charge is 2.54. The van der Waals surface area contributed by atoms with Crippen molar-refractivity contribution in [3.63, 3.8) is 0 Å². The van der Waals surface area contributed by atoms with Crippen LogP contribution in [0.15, 0.2) is 0 Å². The monoisotopic (exact) mass is 298 g/mol. The number of amides is 1. The normalized spacial score (nSPS) is 29.5. The second-order valence-corrected chi connectivity index (χ2v) is 6.91. The molecule has 2 aliphatic heterocycles. The molecule has 21 heavy (non-hydrogen) atoms. The molecule has 1 N–H and O–H groups in total. The van der Waals surface area contributed by atoms with Gasteiger partial charge in [-0.25, -0.2) is 4.79 Å². The van der Waals surface area contributed by atoms with Gasteiger partial charge < -0.3 is 19.7 Å². The van der Waals surface area contributed by atoms with E-state index in [1.54, 1.807) is 4.90 Å². The van der Waals surface area contributed by atoms with Gasteiger partial charge in [0.2, 0.25) is 0 Å². The molecule has 120 valence electrons. The van der Waals surface area contributed by atoms with Crippen molar-refractivity contribution in [1.82, 2.24) is 10.2 Å². The van der Waals surface area contributed by atoms with Crippen LogP contribution in [-0.2, 0) is 14.3 Å². The summed E-state index contributed by atoms with van der Waals surface area (Å²) in [5, 5.41) is 3.27. The van der Waals surface area contributed by atoms with E-state index in [4.69, 9.17) is 9.47 Å². The standard InChI is InChI=1S/C15H26N2O4/c1-14(2,3)21-13(19)17-9-5-7-15(12(18)20-4)10-16-8-6-11(15)17/h11,16H,5-10H2,1-4H3. The summed E-state index contributed by atoms with van der Waals surface area (Å²) in [5.41, 5.74) is -1.17. The average molecular weight is 298 g/mol. The molecule has 0 spiro atoms. The maximum atomic E-state index is 12.5. The molecule has 0 radical (unpaired) electrons. The van der Waals surface area contributed by atoms with Crippen LogP contribution in [0.4, 0.5) is 4.79 Å². The molecular formula is C15H26N2O4. The molecule has 0 saturated carbocycles. The second kappa shape index (κ2) is 5.83. The van der Waals surface area contributed by atoms with Crippen LogP contribution in [0.5, 0.6) is 0 Å². The number of nitrogens with one attached hydrogen (secondary N) is 1. The first kappa shape index (κ1) is 16.1. The Bertz CT molecular complexity index is 414. The summed E-state index contributed by atoms with van der Waals surface area (Å²) in [6, 6.07) is -0.144. The van der Waals surface area contributed by atoms with Gasteiger partial charge in [0, 0.05) is 13.1 Å². The first-order valence-corrected chi connectivity index (χ1v) is 7.59. The molecule has 2 fully saturated rings.